The number of benzene rings is 1. The minimum atomic E-state index is -0.141. The molecule has 98 valence electrons. The third-order valence-corrected chi connectivity index (χ3v) is 2.76. The number of hydrogen-bond acceptors (Lipinski definition) is 2. The van der Waals surface area contributed by atoms with Gasteiger partial charge in [-0.3, -0.25) is 4.79 Å². The van der Waals surface area contributed by atoms with Crippen LogP contribution in [0.5, 0.6) is 5.75 Å². The largest absolute Gasteiger partial charge is 0.492 e. The molecule has 0 aliphatic rings. The third-order valence-electron chi connectivity index (χ3n) is 2.47. The maximum Gasteiger partial charge on any atom is 0.243 e. The van der Waals surface area contributed by atoms with Crippen LogP contribution in [0.1, 0.15) is 18.4 Å². The first-order valence-electron chi connectivity index (χ1n) is 5.93. The summed E-state index contributed by atoms with van der Waals surface area (Å²) in [4.78, 5) is 10.9. The van der Waals surface area contributed by atoms with Crippen molar-refractivity contribution in [3.05, 3.63) is 41.4 Å². The SMILES string of the molecule is C=CC(=O)NCCCCOc1c(C)cccc1Cl. The summed E-state index contributed by atoms with van der Waals surface area (Å²) >= 11 is 6.04. The van der Waals surface area contributed by atoms with Gasteiger partial charge in [0.05, 0.1) is 11.6 Å². The summed E-state index contributed by atoms with van der Waals surface area (Å²) in [5.74, 6) is 0.604. The van der Waals surface area contributed by atoms with Crippen molar-refractivity contribution in [3.8, 4) is 5.75 Å². The first-order valence-corrected chi connectivity index (χ1v) is 6.31. The van der Waals surface area contributed by atoms with Crippen molar-refractivity contribution >= 4 is 17.5 Å². The van der Waals surface area contributed by atoms with Crippen LogP contribution in [-0.4, -0.2) is 19.1 Å². The van der Waals surface area contributed by atoms with Crippen molar-refractivity contribution in [2.24, 2.45) is 0 Å². The molecular formula is C14H18ClNO2. The van der Waals surface area contributed by atoms with E-state index < -0.39 is 0 Å². The average Bonchev–Trinajstić information content (AvgIpc) is 2.36. The molecule has 0 spiro atoms. The van der Waals surface area contributed by atoms with Gasteiger partial charge >= 0.3 is 0 Å². The molecule has 3 nitrogen and oxygen atoms in total. The van der Waals surface area contributed by atoms with Gasteiger partial charge in [-0.15, -0.1) is 0 Å². The lowest BCUT2D eigenvalue weighted by Crippen LogP contribution is -2.22. The molecule has 0 saturated carbocycles. The van der Waals surface area contributed by atoms with Gasteiger partial charge < -0.3 is 10.1 Å². The lowest BCUT2D eigenvalue weighted by Gasteiger charge is -2.10. The van der Waals surface area contributed by atoms with Crippen LogP contribution >= 0.6 is 11.6 Å². The number of ether oxygens (including phenoxy) is 1. The third kappa shape index (κ3) is 4.80. The van der Waals surface area contributed by atoms with Crippen LogP contribution in [0.25, 0.3) is 0 Å². The van der Waals surface area contributed by atoms with Crippen molar-refractivity contribution in [2.75, 3.05) is 13.2 Å². The van der Waals surface area contributed by atoms with Gasteiger partial charge in [0.2, 0.25) is 5.91 Å². The van der Waals surface area contributed by atoms with Crippen molar-refractivity contribution < 1.29 is 9.53 Å². The molecule has 1 aromatic carbocycles. The molecular weight excluding hydrogens is 250 g/mol. The molecule has 0 aliphatic carbocycles. The Morgan fingerprint density at radius 3 is 2.94 bits per heavy atom. The fourth-order valence-electron chi connectivity index (χ4n) is 1.48. The maximum atomic E-state index is 10.9. The van der Waals surface area contributed by atoms with Crippen molar-refractivity contribution in [1.29, 1.82) is 0 Å². The molecule has 0 aromatic heterocycles. The Bertz CT molecular complexity index is 398. The summed E-state index contributed by atoms with van der Waals surface area (Å²) in [7, 11) is 0. The lowest BCUT2D eigenvalue weighted by atomic mass is 10.2. The zero-order chi connectivity index (χ0) is 13.4. The fourth-order valence-corrected chi connectivity index (χ4v) is 1.76. The van der Waals surface area contributed by atoms with Gasteiger partial charge in [0.1, 0.15) is 5.75 Å². The van der Waals surface area contributed by atoms with Crippen LogP contribution in [0.15, 0.2) is 30.9 Å². The van der Waals surface area contributed by atoms with E-state index in [0.717, 1.165) is 24.2 Å². The van der Waals surface area contributed by atoms with E-state index in [0.29, 0.717) is 18.2 Å². The minimum Gasteiger partial charge on any atom is -0.492 e. The smallest absolute Gasteiger partial charge is 0.243 e. The minimum absolute atomic E-state index is 0.141. The normalized spacial score (nSPS) is 9.89. The standard InChI is InChI=1S/C14H18ClNO2/c1-3-13(17)16-9-4-5-10-18-14-11(2)7-6-8-12(14)15/h3,6-8H,1,4-5,9-10H2,2H3,(H,16,17). The Hall–Kier alpha value is -1.48. The molecule has 18 heavy (non-hydrogen) atoms. The highest BCUT2D eigenvalue weighted by Crippen LogP contribution is 2.27. The number of carbonyl (C=O) groups is 1. The van der Waals surface area contributed by atoms with Crippen LogP contribution in [0.2, 0.25) is 5.02 Å². The van der Waals surface area contributed by atoms with Crippen LogP contribution in [-0.2, 0) is 4.79 Å². The summed E-state index contributed by atoms with van der Waals surface area (Å²) in [6, 6.07) is 5.68. The second kappa shape index (κ2) is 7.77. The number of rotatable bonds is 7. The van der Waals surface area contributed by atoms with Crippen LogP contribution in [0, 0.1) is 6.92 Å². The topological polar surface area (TPSA) is 38.3 Å². The molecule has 1 N–H and O–H groups in total. The van der Waals surface area contributed by atoms with E-state index in [1.54, 1.807) is 0 Å². The Kier molecular flexibility index (Phi) is 6.29. The molecule has 0 atom stereocenters. The quantitative estimate of drug-likeness (QED) is 0.609. The maximum absolute atomic E-state index is 10.9. The average molecular weight is 268 g/mol. The fraction of sp³-hybridized carbons (Fsp3) is 0.357. The number of amides is 1. The Morgan fingerprint density at radius 1 is 1.50 bits per heavy atom. The number of carbonyl (C=O) groups excluding carboxylic acids is 1. The highest BCUT2D eigenvalue weighted by molar-refractivity contribution is 6.32. The number of hydrogen-bond donors (Lipinski definition) is 1. The molecule has 0 heterocycles. The number of unbranched alkanes of at least 4 members (excludes halogenated alkanes) is 1. The number of nitrogens with one attached hydrogen (secondary N) is 1. The zero-order valence-electron chi connectivity index (χ0n) is 10.5. The molecule has 0 bridgehead atoms. The van der Waals surface area contributed by atoms with Crippen molar-refractivity contribution in [2.45, 2.75) is 19.8 Å². The van der Waals surface area contributed by atoms with E-state index in [4.69, 9.17) is 16.3 Å². The predicted molar refractivity (Wildman–Crippen MR) is 74.1 cm³/mol. The second-order valence-electron chi connectivity index (χ2n) is 3.94. The lowest BCUT2D eigenvalue weighted by molar-refractivity contribution is -0.116. The number of halogens is 1. The molecule has 0 aliphatic heterocycles. The van der Waals surface area contributed by atoms with Gasteiger partial charge in [-0.2, -0.15) is 0 Å². The summed E-state index contributed by atoms with van der Waals surface area (Å²) in [6.45, 7) is 6.57. The summed E-state index contributed by atoms with van der Waals surface area (Å²) in [6.07, 6.45) is 2.99. The zero-order valence-corrected chi connectivity index (χ0v) is 11.3. The Labute approximate surface area is 113 Å². The van der Waals surface area contributed by atoms with Crippen LogP contribution in [0.3, 0.4) is 0 Å². The van der Waals surface area contributed by atoms with Crippen molar-refractivity contribution in [3.63, 3.8) is 0 Å². The molecule has 0 fully saturated rings. The first kappa shape index (κ1) is 14.6. The molecule has 4 heteroatoms. The van der Waals surface area contributed by atoms with Crippen LogP contribution in [0.4, 0.5) is 0 Å². The second-order valence-corrected chi connectivity index (χ2v) is 4.34. The summed E-state index contributed by atoms with van der Waals surface area (Å²) in [5, 5.41) is 3.35. The van der Waals surface area contributed by atoms with Gasteiger partial charge in [0, 0.05) is 6.54 Å². The predicted octanol–water partition coefficient (Wildman–Crippen LogP) is 3.11. The van der Waals surface area contributed by atoms with Gasteiger partial charge in [0.15, 0.2) is 0 Å². The monoisotopic (exact) mass is 267 g/mol. The molecule has 1 amide bonds. The number of para-hydroxylation sites is 1. The van der Waals surface area contributed by atoms with E-state index in [2.05, 4.69) is 11.9 Å². The Morgan fingerprint density at radius 2 is 2.28 bits per heavy atom. The summed E-state index contributed by atoms with van der Waals surface area (Å²) in [5.41, 5.74) is 1.03. The molecule has 1 aromatic rings. The highest BCUT2D eigenvalue weighted by Gasteiger charge is 2.04. The first-order chi connectivity index (χ1) is 8.65. The van der Waals surface area contributed by atoms with Crippen molar-refractivity contribution in [1.82, 2.24) is 5.32 Å². The van der Waals surface area contributed by atoms with Gasteiger partial charge in [-0.1, -0.05) is 30.3 Å². The molecule has 0 saturated heterocycles. The molecule has 0 radical (unpaired) electrons. The van der Waals surface area contributed by atoms with Gasteiger partial charge in [0.25, 0.3) is 0 Å². The van der Waals surface area contributed by atoms with E-state index in [-0.39, 0.29) is 5.91 Å². The van der Waals surface area contributed by atoms with E-state index in [1.165, 1.54) is 6.08 Å². The number of aryl methyl sites for hydroxylation is 1. The summed E-state index contributed by atoms with van der Waals surface area (Å²) < 4.78 is 5.64. The Balaban J connectivity index is 2.22. The van der Waals surface area contributed by atoms with Crippen LogP contribution < -0.4 is 10.1 Å². The van der Waals surface area contributed by atoms with E-state index >= 15 is 0 Å². The van der Waals surface area contributed by atoms with Gasteiger partial charge in [-0.25, -0.2) is 0 Å². The highest BCUT2D eigenvalue weighted by atomic mass is 35.5. The van der Waals surface area contributed by atoms with E-state index in [9.17, 15) is 4.79 Å². The molecule has 1 rings (SSSR count). The molecule has 0 unspecified atom stereocenters. The van der Waals surface area contributed by atoms with Gasteiger partial charge in [-0.05, 0) is 37.5 Å². The van der Waals surface area contributed by atoms with E-state index in [1.807, 2.05) is 25.1 Å².